The number of nitrogens with one attached hydrogen (secondary N) is 1. The van der Waals surface area contributed by atoms with Crippen molar-refractivity contribution >= 4 is 11.6 Å². The van der Waals surface area contributed by atoms with Crippen LogP contribution in [-0.4, -0.2) is 30.1 Å². The van der Waals surface area contributed by atoms with Crippen LogP contribution in [0.5, 0.6) is 0 Å². The van der Waals surface area contributed by atoms with E-state index in [0.29, 0.717) is 29.6 Å². The fourth-order valence-corrected chi connectivity index (χ4v) is 3.21. The second-order valence-electron chi connectivity index (χ2n) is 6.58. The molecule has 0 bridgehead atoms. The predicted molar refractivity (Wildman–Crippen MR) is 87.1 cm³/mol. The lowest BCUT2D eigenvalue weighted by Crippen LogP contribution is -2.40. The van der Waals surface area contributed by atoms with Crippen molar-refractivity contribution in [3.8, 4) is 0 Å². The van der Waals surface area contributed by atoms with Crippen molar-refractivity contribution in [2.24, 2.45) is 5.92 Å². The Morgan fingerprint density at radius 2 is 2.19 bits per heavy atom. The molecule has 0 aromatic heterocycles. The van der Waals surface area contributed by atoms with Crippen LogP contribution in [0.25, 0.3) is 0 Å². The largest absolute Gasteiger partial charge is 0.313 e. The molecule has 1 heterocycles. The molecule has 0 saturated carbocycles. The monoisotopic (exact) mass is 312 g/mol. The minimum Gasteiger partial charge on any atom is -0.313 e. The molecule has 1 aliphatic heterocycles. The van der Waals surface area contributed by atoms with E-state index in [9.17, 15) is 4.39 Å². The molecule has 0 radical (unpaired) electrons. The highest BCUT2D eigenvalue weighted by atomic mass is 35.5. The Bertz CT molecular complexity index is 464. The highest BCUT2D eigenvalue weighted by molar-refractivity contribution is 6.31. The molecule has 1 N–H and O–H groups in total. The standard InChI is InChI=1S/C17H26ClFN2/c1-12(2)8-16-11-21(13(3)6-7-20-16)10-14-9-15(19)4-5-17(14)18/h4-5,9,12-13,16,20H,6-8,10-11H2,1-3H3. The van der Waals surface area contributed by atoms with Gasteiger partial charge in [0, 0.05) is 30.2 Å². The molecule has 2 nitrogen and oxygen atoms in total. The maximum atomic E-state index is 13.4. The van der Waals surface area contributed by atoms with Gasteiger partial charge in [0.25, 0.3) is 0 Å². The average molecular weight is 313 g/mol. The number of hydrogen-bond donors (Lipinski definition) is 1. The Labute approximate surface area is 132 Å². The summed E-state index contributed by atoms with van der Waals surface area (Å²) < 4.78 is 13.4. The molecule has 118 valence electrons. The van der Waals surface area contributed by atoms with Gasteiger partial charge in [-0.15, -0.1) is 0 Å². The maximum Gasteiger partial charge on any atom is 0.123 e. The van der Waals surface area contributed by atoms with E-state index in [4.69, 9.17) is 11.6 Å². The summed E-state index contributed by atoms with van der Waals surface area (Å²) in [5, 5.41) is 4.29. The third kappa shape index (κ3) is 4.94. The van der Waals surface area contributed by atoms with Crippen LogP contribution in [0.15, 0.2) is 18.2 Å². The van der Waals surface area contributed by atoms with Gasteiger partial charge in [-0.05, 0) is 56.0 Å². The molecule has 21 heavy (non-hydrogen) atoms. The number of halogens is 2. The van der Waals surface area contributed by atoms with Crippen LogP contribution in [0.2, 0.25) is 5.02 Å². The molecule has 2 atom stereocenters. The summed E-state index contributed by atoms with van der Waals surface area (Å²) in [6, 6.07) is 5.61. The van der Waals surface area contributed by atoms with E-state index >= 15 is 0 Å². The van der Waals surface area contributed by atoms with Gasteiger partial charge in [0.15, 0.2) is 0 Å². The molecule has 1 aliphatic rings. The van der Waals surface area contributed by atoms with Crippen LogP contribution >= 0.6 is 11.6 Å². The maximum absolute atomic E-state index is 13.4. The first-order chi connectivity index (χ1) is 9.95. The fourth-order valence-electron chi connectivity index (χ4n) is 3.04. The molecule has 1 saturated heterocycles. The molecule has 4 heteroatoms. The molecule has 1 aromatic rings. The Hall–Kier alpha value is -0.640. The van der Waals surface area contributed by atoms with Crippen LogP contribution in [-0.2, 0) is 6.54 Å². The van der Waals surface area contributed by atoms with E-state index in [-0.39, 0.29) is 5.82 Å². The molecular formula is C17H26ClFN2. The van der Waals surface area contributed by atoms with Crippen LogP contribution < -0.4 is 5.32 Å². The van der Waals surface area contributed by atoms with E-state index in [1.165, 1.54) is 12.5 Å². The Balaban J connectivity index is 2.09. The quantitative estimate of drug-likeness (QED) is 0.901. The molecular weight excluding hydrogens is 287 g/mol. The lowest BCUT2D eigenvalue weighted by Gasteiger charge is -2.30. The molecule has 0 spiro atoms. The van der Waals surface area contributed by atoms with Crippen molar-refractivity contribution in [3.63, 3.8) is 0 Å². The van der Waals surface area contributed by atoms with Crippen molar-refractivity contribution in [1.29, 1.82) is 0 Å². The van der Waals surface area contributed by atoms with Crippen molar-refractivity contribution < 1.29 is 4.39 Å². The van der Waals surface area contributed by atoms with Gasteiger partial charge in [0.05, 0.1) is 0 Å². The van der Waals surface area contributed by atoms with Gasteiger partial charge < -0.3 is 5.32 Å². The van der Waals surface area contributed by atoms with Crippen molar-refractivity contribution in [2.45, 2.75) is 52.2 Å². The molecule has 2 unspecified atom stereocenters. The summed E-state index contributed by atoms with van der Waals surface area (Å²) in [4.78, 5) is 2.42. The van der Waals surface area contributed by atoms with Crippen LogP contribution in [0.4, 0.5) is 4.39 Å². The first-order valence-electron chi connectivity index (χ1n) is 7.87. The Kier molecular flexibility index (Phi) is 6.03. The van der Waals surface area contributed by atoms with E-state index in [2.05, 4.69) is 31.0 Å². The van der Waals surface area contributed by atoms with Gasteiger partial charge in [0.1, 0.15) is 5.82 Å². The van der Waals surface area contributed by atoms with E-state index in [1.807, 2.05) is 0 Å². The second-order valence-corrected chi connectivity index (χ2v) is 6.99. The first-order valence-corrected chi connectivity index (χ1v) is 8.25. The summed E-state index contributed by atoms with van der Waals surface area (Å²) in [5.74, 6) is 0.462. The van der Waals surface area contributed by atoms with Crippen molar-refractivity contribution in [3.05, 3.63) is 34.6 Å². The van der Waals surface area contributed by atoms with Crippen LogP contribution in [0.1, 0.15) is 39.2 Å². The molecule has 1 aromatic carbocycles. The number of benzene rings is 1. The van der Waals surface area contributed by atoms with Gasteiger partial charge in [-0.2, -0.15) is 0 Å². The van der Waals surface area contributed by atoms with E-state index < -0.39 is 0 Å². The second kappa shape index (κ2) is 7.57. The third-order valence-corrected chi connectivity index (χ3v) is 4.58. The van der Waals surface area contributed by atoms with Crippen molar-refractivity contribution in [1.82, 2.24) is 10.2 Å². The van der Waals surface area contributed by atoms with Crippen molar-refractivity contribution in [2.75, 3.05) is 13.1 Å². The van der Waals surface area contributed by atoms with Gasteiger partial charge >= 0.3 is 0 Å². The number of nitrogens with zero attached hydrogens (tertiary/aromatic N) is 1. The third-order valence-electron chi connectivity index (χ3n) is 4.21. The summed E-state index contributed by atoms with van der Waals surface area (Å²) in [7, 11) is 0. The smallest absolute Gasteiger partial charge is 0.123 e. The average Bonchev–Trinajstić information content (AvgIpc) is 2.56. The predicted octanol–water partition coefficient (Wildman–Crippen LogP) is 4.08. The summed E-state index contributed by atoms with van der Waals surface area (Å²) in [5.41, 5.74) is 0.883. The fraction of sp³-hybridized carbons (Fsp3) is 0.647. The van der Waals surface area contributed by atoms with E-state index in [1.54, 1.807) is 12.1 Å². The number of rotatable bonds is 4. The normalized spacial score (nSPS) is 24.3. The van der Waals surface area contributed by atoms with Gasteiger partial charge in [0.2, 0.25) is 0 Å². The zero-order valence-corrected chi connectivity index (χ0v) is 14.0. The molecule has 0 aliphatic carbocycles. The minimum absolute atomic E-state index is 0.214. The molecule has 2 rings (SSSR count). The molecule has 0 amide bonds. The van der Waals surface area contributed by atoms with E-state index in [0.717, 1.165) is 25.1 Å². The SMILES string of the molecule is CC(C)CC1CN(Cc2cc(F)ccc2Cl)C(C)CCN1. The van der Waals surface area contributed by atoms with Crippen LogP contribution in [0.3, 0.4) is 0 Å². The Morgan fingerprint density at radius 3 is 2.90 bits per heavy atom. The zero-order valence-electron chi connectivity index (χ0n) is 13.2. The Morgan fingerprint density at radius 1 is 1.43 bits per heavy atom. The summed E-state index contributed by atoms with van der Waals surface area (Å²) in [6.45, 7) is 9.51. The van der Waals surface area contributed by atoms with Gasteiger partial charge in [-0.25, -0.2) is 4.39 Å². The lowest BCUT2D eigenvalue weighted by atomic mass is 10.0. The summed E-state index contributed by atoms with van der Waals surface area (Å²) >= 11 is 6.22. The lowest BCUT2D eigenvalue weighted by molar-refractivity contribution is 0.189. The van der Waals surface area contributed by atoms with Gasteiger partial charge in [-0.3, -0.25) is 4.90 Å². The van der Waals surface area contributed by atoms with Crippen LogP contribution in [0, 0.1) is 11.7 Å². The highest BCUT2D eigenvalue weighted by Gasteiger charge is 2.24. The summed E-state index contributed by atoms with van der Waals surface area (Å²) in [6.07, 6.45) is 2.28. The minimum atomic E-state index is -0.214. The highest BCUT2D eigenvalue weighted by Crippen LogP contribution is 2.22. The number of hydrogen-bond acceptors (Lipinski definition) is 2. The van der Waals surface area contributed by atoms with Gasteiger partial charge in [-0.1, -0.05) is 25.4 Å². The molecule has 1 fully saturated rings. The first kappa shape index (κ1) is 16.7. The zero-order chi connectivity index (χ0) is 15.4. The topological polar surface area (TPSA) is 15.3 Å².